The van der Waals surface area contributed by atoms with Crippen LogP contribution in [0.2, 0.25) is 5.02 Å². The Labute approximate surface area is 105 Å². The molecule has 0 spiro atoms. The maximum Gasteiger partial charge on any atom is 0.127 e. The van der Waals surface area contributed by atoms with Crippen LogP contribution in [-0.2, 0) is 11.2 Å². The summed E-state index contributed by atoms with van der Waals surface area (Å²) in [5.41, 5.74) is 0.582. The van der Waals surface area contributed by atoms with Crippen LogP contribution in [0.15, 0.2) is 18.2 Å². The third-order valence-corrected chi connectivity index (χ3v) is 4.00. The molecule has 1 aromatic carbocycles. The molecule has 0 aromatic heterocycles. The van der Waals surface area contributed by atoms with E-state index in [0.717, 1.165) is 13.0 Å². The van der Waals surface area contributed by atoms with Crippen LogP contribution in [0.3, 0.4) is 0 Å². The lowest BCUT2D eigenvalue weighted by atomic mass is 9.93. The summed E-state index contributed by atoms with van der Waals surface area (Å²) in [7, 11) is 0. The lowest BCUT2D eigenvalue weighted by molar-refractivity contribution is 0.0594. The molecule has 1 nitrogen and oxygen atoms in total. The van der Waals surface area contributed by atoms with Crippen LogP contribution in [0, 0.1) is 11.7 Å². The van der Waals surface area contributed by atoms with Gasteiger partial charge in [-0.2, -0.15) is 12.6 Å². The van der Waals surface area contributed by atoms with Crippen LogP contribution in [-0.4, -0.2) is 18.5 Å². The second kappa shape index (κ2) is 5.39. The molecule has 1 aliphatic heterocycles. The first-order valence-electron chi connectivity index (χ1n) is 5.37. The van der Waals surface area contributed by atoms with Crippen LogP contribution in [0.4, 0.5) is 4.39 Å². The summed E-state index contributed by atoms with van der Waals surface area (Å²) in [5.74, 6) is 0.00471. The van der Waals surface area contributed by atoms with E-state index in [0.29, 0.717) is 23.6 Å². The summed E-state index contributed by atoms with van der Waals surface area (Å²) in [5, 5.41) is 0.760. The first kappa shape index (κ1) is 12.2. The Balaban J connectivity index is 2.13. The molecular formula is C12H14ClFOS. The summed E-state index contributed by atoms with van der Waals surface area (Å²) >= 11 is 10.5. The molecule has 2 atom stereocenters. The first-order valence-corrected chi connectivity index (χ1v) is 6.26. The SMILES string of the molecule is Fc1cccc(Cl)c1CC1COCCC1S. The Morgan fingerprint density at radius 1 is 1.50 bits per heavy atom. The average molecular weight is 261 g/mol. The van der Waals surface area contributed by atoms with Crippen molar-refractivity contribution in [2.75, 3.05) is 13.2 Å². The van der Waals surface area contributed by atoms with E-state index in [1.54, 1.807) is 12.1 Å². The first-order chi connectivity index (χ1) is 7.68. The molecule has 1 aromatic rings. The largest absolute Gasteiger partial charge is 0.381 e. The summed E-state index contributed by atoms with van der Waals surface area (Å²) in [6.07, 6.45) is 1.51. The van der Waals surface area contributed by atoms with E-state index < -0.39 is 0 Å². The second-order valence-corrected chi connectivity index (χ2v) is 5.17. The Hall–Kier alpha value is -0.250. The zero-order valence-corrected chi connectivity index (χ0v) is 10.5. The van der Waals surface area contributed by atoms with Crippen molar-refractivity contribution in [2.45, 2.75) is 18.1 Å². The summed E-state index contributed by atoms with van der Waals surface area (Å²) in [6, 6.07) is 4.78. The van der Waals surface area contributed by atoms with Gasteiger partial charge in [-0.3, -0.25) is 0 Å². The molecule has 0 bridgehead atoms. The van der Waals surface area contributed by atoms with Gasteiger partial charge in [0.1, 0.15) is 5.82 Å². The molecule has 88 valence electrons. The number of hydrogen-bond acceptors (Lipinski definition) is 2. The molecule has 16 heavy (non-hydrogen) atoms. The summed E-state index contributed by atoms with van der Waals surface area (Å²) in [4.78, 5) is 0. The smallest absolute Gasteiger partial charge is 0.127 e. The minimum Gasteiger partial charge on any atom is -0.381 e. The monoisotopic (exact) mass is 260 g/mol. The fourth-order valence-corrected chi connectivity index (χ4v) is 2.51. The quantitative estimate of drug-likeness (QED) is 0.803. The number of thiol groups is 1. The third kappa shape index (κ3) is 2.70. The van der Waals surface area contributed by atoms with Crippen molar-refractivity contribution < 1.29 is 9.13 Å². The molecule has 0 amide bonds. The average Bonchev–Trinajstić information content (AvgIpc) is 2.26. The predicted molar refractivity (Wildman–Crippen MR) is 66.8 cm³/mol. The maximum absolute atomic E-state index is 13.6. The Morgan fingerprint density at radius 3 is 3.00 bits per heavy atom. The van der Waals surface area contributed by atoms with Crippen LogP contribution in [0.5, 0.6) is 0 Å². The van der Waals surface area contributed by atoms with Gasteiger partial charge in [-0.25, -0.2) is 4.39 Å². The molecule has 1 saturated heterocycles. The molecular weight excluding hydrogens is 247 g/mol. The molecule has 1 heterocycles. The standard InChI is InChI=1S/C12H14ClFOS/c13-10-2-1-3-11(14)9(10)6-8-7-15-5-4-12(8)16/h1-3,8,12,16H,4-7H2. The van der Waals surface area contributed by atoms with Gasteiger partial charge in [-0.05, 0) is 30.9 Å². The third-order valence-electron chi connectivity index (χ3n) is 2.96. The minimum atomic E-state index is -0.237. The second-order valence-electron chi connectivity index (χ2n) is 4.10. The van der Waals surface area contributed by atoms with Gasteiger partial charge in [0.05, 0.1) is 6.61 Å². The van der Waals surface area contributed by atoms with Crippen molar-refractivity contribution in [3.8, 4) is 0 Å². The Morgan fingerprint density at radius 2 is 2.31 bits per heavy atom. The van der Waals surface area contributed by atoms with Gasteiger partial charge in [-0.1, -0.05) is 17.7 Å². The maximum atomic E-state index is 13.6. The highest BCUT2D eigenvalue weighted by atomic mass is 35.5. The lowest BCUT2D eigenvalue weighted by Crippen LogP contribution is -2.30. The van der Waals surface area contributed by atoms with Crippen molar-refractivity contribution in [1.29, 1.82) is 0 Å². The van der Waals surface area contributed by atoms with Gasteiger partial charge in [0.15, 0.2) is 0 Å². The van der Waals surface area contributed by atoms with Gasteiger partial charge in [0.2, 0.25) is 0 Å². The number of ether oxygens (including phenoxy) is 1. The van der Waals surface area contributed by atoms with Crippen LogP contribution in [0.1, 0.15) is 12.0 Å². The van der Waals surface area contributed by atoms with E-state index in [1.165, 1.54) is 6.07 Å². The van der Waals surface area contributed by atoms with Gasteiger partial charge >= 0.3 is 0 Å². The van der Waals surface area contributed by atoms with Crippen molar-refractivity contribution >= 4 is 24.2 Å². The fraction of sp³-hybridized carbons (Fsp3) is 0.500. The number of benzene rings is 1. The molecule has 4 heteroatoms. The van der Waals surface area contributed by atoms with Crippen molar-refractivity contribution in [2.24, 2.45) is 5.92 Å². The molecule has 1 aliphatic rings. The summed E-state index contributed by atoms with van der Waals surface area (Å²) < 4.78 is 19.0. The van der Waals surface area contributed by atoms with Crippen LogP contribution >= 0.6 is 24.2 Å². The zero-order chi connectivity index (χ0) is 11.5. The van der Waals surface area contributed by atoms with E-state index >= 15 is 0 Å². The van der Waals surface area contributed by atoms with Crippen molar-refractivity contribution in [3.05, 3.63) is 34.6 Å². The number of hydrogen-bond donors (Lipinski definition) is 1. The molecule has 0 aliphatic carbocycles. The predicted octanol–water partition coefficient (Wildman–Crippen LogP) is 3.36. The highest BCUT2D eigenvalue weighted by Gasteiger charge is 2.24. The Bertz CT molecular complexity index is 352. The Kier molecular flexibility index (Phi) is 4.11. The zero-order valence-electron chi connectivity index (χ0n) is 8.83. The van der Waals surface area contributed by atoms with Gasteiger partial charge in [0.25, 0.3) is 0 Å². The highest BCUT2D eigenvalue weighted by molar-refractivity contribution is 7.81. The molecule has 2 rings (SSSR count). The van der Waals surface area contributed by atoms with Crippen molar-refractivity contribution in [3.63, 3.8) is 0 Å². The van der Waals surface area contributed by atoms with E-state index in [4.69, 9.17) is 16.3 Å². The van der Waals surface area contributed by atoms with E-state index in [1.807, 2.05) is 0 Å². The molecule has 0 radical (unpaired) electrons. The van der Waals surface area contributed by atoms with E-state index in [2.05, 4.69) is 12.6 Å². The van der Waals surface area contributed by atoms with Crippen LogP contribution in [0.25, 0.3) is 0 Å². The lowest BCUT2D eigenvalue weighted by Gasteiger charge is -2.28. The van der Waals surface area contributed by atoms with Crippen molar-refractivity contribution in [1.82, 2.24) is 0 Å². The van der Waals surface area contributed by atoms with Gasteiger partial charge < -0.3 is 4.74 Å². The number of rotatable bonds is 2. The molecule has 0 N–H and O–H groups in total. The topological polar surface area (TPSA) is 9.23 Å². The fourth-order valence-electron chi connectivity index (χ4n) is 1.97. The van der Waals surface area contributed by atoms with Gasteiger partial charge in [0, 0.05) is 22.4 Å². The molecule has 0 saturated carbocycles. The minimum absolute atomic E-state index is 0.237. The molecule has 1 fully saturated rings. The van der Waals surface area contributed by atoms with Crippen LogP contribution < -0.4 is 0 Å². The summed E-state index contributed by atoms with van der Waals surface area (Å²) in [6.45, 7) is 1.38. The molecule has 2 unspecified atom stereocenters. The van der Waals surface area contributed by atoms with E-state index in [9.17, 15) is 4.39 Å². The normalized spacial score (nSPS) is 25.7. The highest BCUT2D eigenvalue weighted by Crippen LogP contribution is 2.28. The number of halogens is 2. The van der Waals surface area contributed by atoms with E-state index in [-0.39, 0.29) is 17.0 Å². The van der Waals surface area contributed by atoms with Gasteiger partial charge in [-0.15, -0.1) is 0 Å².